The van der Waals surface area contributed by atoms with Crippen LogP contribution in [0.4, 0.5) is 0 Å². The number of benzene rings is 2. The molecular weight excluding hydrogens is 1200 g/mol. The van der Waals surface area contributed by atoms with Crippen LogP contribution in [0.15, 0.2) is 71.8 Å². The van der Waals surface area contributed by atoms with Gasteiger partial charge in [-0.25, -0.2) is 9.59 Å². The quantitative estimate of drug-likeness (QED) is 0.0169. The number of aromatic amines is 3. The molecule has 0 saturated carbocycles. The van der Waals surface area contributed by atoms with Crippen molar-refractivity contribution in [3.8, 4) is 0 Å². The summed E-state index contributed by atoms with van der Waals surface area (Å²) in [5, 5.41) is 3.43. The number of hydrogen-bond donors (Lipinski definition) is 4. The third kappa shape index (κ3) is 17.7. The van der Waals surface area contributed by atoms with E-state index in [0.29, 0.717) is 16.7 Å². The van der Waals surface area contributed by atoms with Crippen molar-refractivity contribution >= 4 is 94.0 Å². The van der Waals surface area contributed by atoms with Gasteiger partial charge in [-0.15, -0.1) is 0 Å². The zero-order valence-corrected chi connectivity index (χ0v) is 52.2. The topological polar surface area (TPSA) is 322 Å². The molecule has 474 valence electrons. The highest BCUT2D eigenvalue weighted by Crippen LogP contribution is 2.42. The van der Waals surface area contributed by atoms with E-state index in [-0.39, 0.29) is 160 Å². The second kappa shape index (κ2) is 32.6. The average molecular weight is 1270 g/mol. The number of methoxy groups -OCH3 is 8. The Balaban J connectivity index is 1.69. The Hall–Kier alpha value is -9.30. The number of carbonyl (C=O) groups is 10. The van der Waals surface area contributed by atoms with Crippen LogP contribution in [-0.2, 0) is 150 Å². The maximum atomic E-state index is 14.5. The molecule has 26 heteroatoms. The molecule has 1 atom stereocenters. The molecule has 4 N–H and O–H groups in total. The summed E-state index contributed by atoms with van der Waals surface area (Å²) in [6.45, 7) is -0.349. The van der Waals surface area contributed by atoms with Crippen LogP contribution in [0.25, 0.3) is 0 Å². The molecular formula is C63H70N4O20S2. The molecule has 1 aliphatic rings. The molecule has 0 spiro atoms. The largest absolute Gasteiger partial charge is 0.469 e. The van der Waals surface area contributed by atoms with Crippen molar-refractivity contribution < 1.29 is 95.3 Å². The van der Waals surface area contributed by atoms with Crippen molar-refractivity contribution in [2.45, 2.75) is 109 Å². The van der Waals surface area contributed by atoms with Gasteiger partial charge in [0.15, 0.2) is 0 Å². The molecule has 6 rings (SSSR count). The first-order valence-corrected chi connectivity index (χ1v) is 28.8. The summed E-state index contributed by atoms with van der Waals surface area (Å²) >= 11 is 12.5. The van der Waals surface area contributed by atoms with Crippen molar-refractivity contribution in [1.82, 2.24) is 20.3 Å². The molecule has 0 bridgehead atoms. The molecule has 5 aromatic rings. The lowest BCUT2D eigenvalue weighted by Gasteiger charge is -2.34. The standard InChI is InChI=1S/C63H70N4O20S2/c1-78-47(68)23-19-37-41(27-51(72)82-5)45(64-55(37)59(88)56-43(29-53(74)84-7)39(21-25-49(70)80-3)58(66-56)62(77)87-34-36-17-13-10-14-18-36)31-63(44(30-54(75)85-8)40(60(89)67-63)22-26-50(71)81-4)32-46-42(28-52(73)83-6)38(20-24-48(69)79-2)57(65-46)61(76)86-33-35-15-11-9-12-16-35/h9-18,64-66H,19-34H2,1-8H3,(H,67,89). The van der Waals surface area contributed by atoms with Crippen LogP contribution in [0.3, 0.4) is 0 Å². The van der Waals surface area contributed by atoms with E-state index in [1.165, 1.54) is 42.7 Å². The number of nitrogens with one attached hydrogen (secondary N) is 4. The zero-order chi connectivity index (χ0) is 65.0. The Bertz CT molecular complexity index is 3530. The van der Waals surface area contributed by atoms with Crippen LogP contribution in [0.1, 0.15) is 127 Å². The number of aromatic nitrogens is 3. The van der Waals surface area contributed by atoms with Crippen LogP contribution in [0, 0.1) is 0 Å². The average Bonchev–Trinajstić information content (AvgIpc) is 1.61. The van der Waals surface area contributed by atoms with Crippen molar-refractivity contribution in [1.29, 1.82) is 0 Å². The van der Waals surface area contributed by atoms with E-state index in [1.54, 1.807) is 60.7 Å². The maximum absolute atomic E-state index is 14.5. The van der Waals surface area contributed by atoms with E-state index in [0.717, 1.165) is 14.2 Å². The Morgan fingerprint density at radius 3 is 1.16 bits per heavy atom. The molecule has 4 heterocycles. The first kappa shape index (κ1) is 68.8. The van der Waals surface area contributed by atoms with Gasteiger partial charge in [0, 0.05) is 49.9 Å². The molecule has 89 heavy (non-hydrogen) atoms. The third-order valence-corrected chi connectivity index (χ3v) is 15.8. The van der Waals surface area contributed by atoms with Gasteiger partial charge < -0.3 is 67.6 Å². The number of hydrogen-bond acceptors (Lipinski definition) is 22. The van der Waals surface area contributed by atoms with Crippen LogP contribution >= 0.6 is 24.4 Å². The molecule has 1 unspecified atom stereocenters. The Labute approximate surface area is 523 Å². The Morgan fingerprint density at radius 2 is 0.742 bits per heavy atom. The lowest BCUT2D eigenvalue weighted by Crippen LogP contribution is -2.49. The summed E-state index contributed by atoms with van der Waals surface area (Å²) < 4.78 is 52.6. The highest BCUT2D eigenvalue weighted by molar-refractivity contribution is 7.81. The summed E-state index contributed by atoms with van der Waals surface area (Å²) in [6, 6.07) is 17.6. The van der Waals surface area contributed by atoms with Gasteiger partial charge in [-0.2, -0.15) is 0 Å². The SMILES string of the molecule is COC(=O)CCC1=C(CC(=O)OC)C(Cc2[nH]c(C(=O)OCc3ccccc3)c(CCC(=O)OC)c2CC(=O)OC)(Cc2[nH]c(C(=S)c3[nH]c(C(=O)OCc4ccccc4)c(CCC(=O)OC)c3CC(=O)OC)c(CCC(=O)OC)c2CC(=O)OC)NC1=S. The van der Waals surface area contributed by atoms with E-state index in [2.05, 4.69) is 20.3 Å². The normalized spacial score (nSPS) is 13.4. The van der Waals surface area contributed by atoms with Gasteiger partial charge in [0.2, 0.25) is 0 Å². The summed E-state index contributed by atoms with van der Waals surface area (Å²) in [6.07, 6.45) is -4.22. The first-order valence-electron chi connectivity index (χ1n) is 27.9. The van der Waals surface area contributed by atoms with Gasteiger partial charge in [0.1, 0.15) is 29.6 Å². The molecule has 0 saturated heterocycles. The second-order valence-electron chi connectivity index (χ2n) is 20.3. The number of carbonyl (C=O) groups excluding carboxylic acids is 10. The fourth-order valence-corrected chi connectivity index (χ4v) is 11.3. The zero-order valence-electron chi connectivity index (χ0n) is 50.6. The molecule has 3 aromatic heterocycles. The minimum atomic E-state index is -1.70. The van der Waals surface area contributed by atoms with E-state index in [4.69, 9.17) is 71.8 Å². The van der Waals surface area contributed by atoms with Crippen molar-refractivity contribution in [3.05, 3.63) is 150 Å². The highest BCUT2D eigenvalue weighted by atomic mass is 32.1. The number of esters is 10. The molecule has 0 radical (unpaired) electrons. The van der Waals surface area contributed by atoms with E-state index in [1.807, 2.05) is 0 Å². The van der Waals surface area contributed by atoms with Gasteiger partial charge in [0.05, 0.1) is 104 Å². The molecule has 24 nitrogen and oxygen atoms in total. The molecule has 0 aliphatic carbocycles. The molecule has 2 aromatic carbocycles. The Kier molecular flexibility index (Phi) is 25.2. The van der Waals surface area contributed by atoms with Gasteiger partial charge >= 0.3 is 59.7 Å². The monoisotopic (exact) mass is 1270 g/mol. The summed E-state index contributed by atoms with van der Waals surface area (Å²) in [4.78, 5) is 145. The van der Waals surface area contributed by atoms with Crippen molar-refractivity contribution in [2.24, 2.45) is 0 Å². The summed E-state index contributed by atoms with van der Waals surface area (Å²) in [5.41, 5.74) is 1.49. The minimum Gasteiger partial charge on any atom is -0.469 e. The number of rotatable bonds is 32. The smallest absolute Gasteiger partial charge is 0.355 e. The highest BCUT2D eigenvalue weighted by Gasteiger charge is 2.47. The van der Waals surface area contributed by atoms with Gasteiger partial charge in [-0.3, -0.25) is 38.4 Å². The fourth-order valence-electron chi connectivity index (χ4n) is 10.5. The second-order valence-corrected chi connectivity index (χ2v) is 21.1. The van der Waals surface area contributed by atoms with Crippen LogP contribution in [0.5, 0.6) is 0 Å². The molecule has 1 aliphatic heterocycles. The van der Waals surface area contributed by atoms with E-state index < -0.39 is 90.9 Å². The maximum Gasteiger partial charge on any atom is 0.355 e. The van der Waals surface area contributed by atoms with Crippen LogP contribution < -0.4 is 5.32 Å². The predicted octanol–water partition coefficient (Wildman–Crippen LogP) is 5.88. The Morgan fingerprint density at radius 1 is 0.404 bits per heavy atom. The number of thiocarbonyl (C=S) groups is 2. The summed E-state index contributed by atoms with van der Waals surface area (Å²) in [5.74, 6) is -7.38. The lowest BCUT2D eigenvalue weighted by molar-refractivity contribution is -0.141. The number of ether oxygens (including phenoxy) is 10. The van der Waals surface area contributed by atoms with Crippen molar-refractivity contribution in [2.75, 3.05) is 56.9 Å². The first-order chi connectivity index (χ1) is 42.7. The molecule has 0 fully saturated rings. The van der Waals surface area contributed by atoms with Gasteiger partial charge in [-0.1, -0.05) is 85.1 Å². The van der Waals surface area contributed by atoms with E-state index >= 15 is 0 Å². The van der Waals surface area contributed by atoms with Crippen LogP contribution in [-0.4, -0.2) is 147 Å². The van der Waals surface area contributed by atoms with E-state index in [9.17, 15) is 47.9 Å². The number of H-pyrrole nitrogens is 3. The summed E-state index contributed by atoms with van der Waals surface area (Å²) in [7, 11) is 9.44. The molecule has 0 amide bonds. The van der Waals surface area contributed by atoms with Crippen LogP contribution in [0.2, 0.25) is 0 Å². The van der Waals surface area contributed by atoms with Gasteiger partial charge in [-0.05, 0) is 81.3 Å². The van der Waals surface area contributed by atoms with Crippen molar-refractivity contribution in [3.63, 3.8) is 0 Å². The lowest BCUT2D eigenvalue weighted by atomic mass is 9.77. The minimum absolute atomic E-state index is 0.00456. The predicted molar refractivity (Wildman–Crippen MR) is 323 cm³/mol. The fraction of sp³-hybridized carbons (Fsp3) is 0.397. The third-order valence-electron chi connectivity index (χ3n) is 15.1. The van der Waals surface area contributed by atoms with Gasteiger partial charge in [0.25, 0.3) is 0 Å².